The van der Waals surface area contributed by atoms with Gasteiger partial charge in [-0.15, -0.1) is 0 Å². The molecule has 1 aliphatic rings. The van der Waals surface area contributed by atoms with Crippen LogP contribution in [0.15, 0.2) is 35.1 Å². The van der Waals surface area contributed by atoms with E-state index in [2.05, 4.69) is 0 Å². The third kappa shape index (κ3) is 3.24. The van der Waals surface area contributed by atoms with Crippen LogP contribution in [0.1, 0.15) is 42.4 Å². The standard InChI is InChI=1S/C19H18ClNO4/c1-3-25-19(24)17-7-5-14-8-12(9-18(23)21(14)17)16-10-13(20)4-6-15(16)11(2)22/h4,6,8-10,17H,3,5,7H2,1-2H3/t17-/m0/s1. The van der Waals surface area contributed by atoms with Gasteiger partial charge in [-0.3, -0.25) is 14.2 Å². The highest BCUT2D eigenvalue weighted by Gasteiger charge is 2.30. The monoisotopic (exact) mass is 359 g/mol. The minimum absolute atomic E-state index is 0.100. The first-order chi connectivity index (χ1) is 11.9. The summed E-state index contributed by atoms with van der Waals surface area (Å²) in [6, 6.07) is 7.70. The second-order valence-electron chi connectivity index (χ2n) is 6.00. The van der Waals surface area contributed by atoms with Crippen molar-refractivity contribution in [2.45, 2.75) is 32.7 Å². The fourth-order valence-electron chi connectivity index (χ4n) is 3.27. The van der Waals surface area contributed by atoms with Crippen LogP contribution in [0.5, 0.6) is 0 Å². The van der Waals surface area contributed by atoms with Gasteiger partial charge < -0.3 is 4.74 Å². The topological polar surface area (TPSA) is 65.4 Å². The Morgan fingerprint density at radius 1 is 1.28 bits per heavy atom. The second kappa shape index (κ2) is 6.84. The van der Waals surface area contributed by atoms with E-state index in [1.807, 2.05) is 6.07 Å². The van der Waals surface area contributed by atoms with Crippen molar-refractivity contribution in [2.75, 3.05) is 6.61 Å². The molecule has 1 atom stereocenters. The molecule has 0 spiro atoms. The number of aryl methyl sites for hydroxylation is 1. The van der Waals surface area contributed by atoms with Gasteiger partial charge in [-0.05, 0) is 62.1 Å². The van der Waals surface area contributed by atoms with Gasteiger partial charge in [0.2, 0.25) is 0 Å². The lowest BCUT2D eigenvalue weighted by molar-refractivity contribution is -0.147. The van der Waals surface area contributed by atoms with E-state index in [1.165, 1.54) is 17.6 Å². The fraction of sp³-hybridized carbons (Fsp3) is 0.316. The van der Waals surface area contributed by atoms with E-state index in [4.69, 9.17) is 16.3 Å². The van der Waals surface area contributed by atoms with Crippen LogP contribution >= 0.6 is 11.6 Å². The molecule has 0 saturated carbocycles. The van der Waals surface area contributed by atoms with Crippen LogP contribution in [-0.4, -0.2) is 22.9 Å². The molecule has 1 aromatic carbocycles. The maximum atomic E-state index is 12.6. The largest absolute Gasteiger partial charge is 0.464 e. The third-order valence-electron chi connectivity index (χ3n) is 4.36. The lowest BCUT2D eigenvalue weighted by Crippen LogP contribution is -2.28. The number of rotatable bonds is 4. The summed E-state index contributed by atoms with van der Waals surface area (Å²) >= 11 is 6.07. The molecule has 0 aliphatic carbocycles. The molecule has 25 heavy (non-hydrogen) atoms. The summed E-state index contributed by atoms with van der Waals surface area (Å²) in [5, 5.41) is 0.491. The van der Waals surface area contributed by atoms with Crippen LogP contribution in [-0.2, 0) is 16.0 Å². The van der Waals surface area contributed by atoms with E-state index in [9.17, 15) is 14.4 Å². The van der Waals surface area contributed by atoms with E-state index < -0.39 is 6.04 Å². The molecular weight excluding hydrogens is 342 g/mol. The summed E-state index contributed by atoms with van der Waals surface area (Å²) in [7, 11) is 0. The predicted octanol–water partition coefficient (Wildman–Crippen LogP) is 3.42. The quantitative estimate of drug-likeness (QED) is 0.619. The van der Waals surface area contributed by atoms with Crippen molar-refractivity contribution >= 4 is 23.4 Å². The number of fused-ring (bicyclic) bond motifs is 1. The summed E-state index contributed by atoms with van der Waals surface area (Å²) in [6.45, 7) is 3.49. The van der Waals surface area contributed by atoms with Crippen molar-refractivity contribution in [1.29, 1.82) is 0 Å². The number of benzene rings is 1. The van der Waals surface area contributed by atoms with E-state index in [0.717, 1.165) is 5.69 Å². The molecule has 3 rings (SSSR count). The van der Waals surface area contributed by atoms with Crippen LogP contribution in [0, 0.1) is 0 Å². The maximum Gasteiger partial charge on any atom is 0.329 e. The predicted molar refractivity (Wildman–Crippen MR) is 95.1 cm³/mol. The first-order valence-corrected chi connectivity index (χ1v) is 8.53. The number of halogens is 1. The molecule has 0 unspecified atom stereocenters. The minimum Gasteiger partial charge on any atom is -0.464 e. The number of carbonyl (C=O) groups excluding carboxylic acids is 2. The number of esters is 1. The van der Waals surface area contributed by atoms with Gasteiger partial charge in [-0.2, -0.15) is 0 Å². The van der Waals surface area contributed by atoms with Crippen molar-refractivity contribution in [2.24, 2.45) is 0 Å². The van der Waals surface area contributed by atoms with Crippen LogP contribution in [0.4, 0.5) is 0 Å². The van der Waals surface area contributed by atoms with Crippen molar-refractivity contribution in [3.8, 4) is 11.1 Å². The van der Waals surface area contributed by atoms with Crippen LogP contribution < -0.4 is 5.56 Å². The van der Waals surface area contributed by atoms with Gasteiger partial charge >= 0.3 is 5.97 Å². The summed E-state index contributed by atoms with van der Waals surface area (Å²) in [5.41, 5.74) is 2.25. The van der Waals surface area contributed by atoms with Crippen LogP contribution in [0.25, 0.3) is 11.1 Å². The van der Waals surface area contributed by atoms with Gasteiger partial charge in [-0.25, -0.2) is 4.79 Å². The highest BCUT2D eigenvalue weighted by Crippen LogP contribution is 2.31. The molecule has 2 aromatic rings. The Kier molecular flexibility index (Phi) is 4.77. The number of nitrogens with zero attached hydrogens (tertiary/aromatic N) is 1. The average molecular weight is 360 g/mol. The lowest BCUT2D eigenvalue weighted by Gasteiger charge is -2.15. The maximum absolute atomic E-state index is 12.6. The second-order valence-corrected chi connectivity index (χ2v) is 6.43. The molecule has 6 heteroatoms. The van der Waals surface area contributed by atoms with E-state index in [0.29, 0.717) is 34.6 Å². The first kappa shape index (κ1) is 17.4. The van der Waals surface area contributed by atoms with Gasteiger partial charge in [0.15, 0.2) is 5.78 Å². The Balaban J connectivity index is 2.11. The third-order valence-corrected chi connectivity index (χ3v) is 4.60. The molecule has 1 aromatic heterocycles. The van der Waals surface area contributed by atoms with Gasteiger partial charge in [-0.1, -0.05) is 11.6 Å². The average Bonchev–Trinajstić information content (AvgIpc) is 2.99. The zero-order valence-electron chi connectivity index (χ0n) is 14.0. The smallest absolute Gasteiger partial charge is 0.329 e. The van der Waals surface area contributed by atoms with E-state index >= 15 is 0 Å². The Bertz CT molecular complexity index is 916. The number of ether oxygens (including phenoxy) is 1. The SMILES string of the molecule is CCOC(=O)[C@@H]1CCc2cc(-c3cc(Cl)ccc3C(C)=O)cc(=O)n21. The molecule has 0 radical (unpaired) electrons. The molecule has 0 N–H and O–H groups in total. The molecule has 0 bridgehead atoms. The zero-order valence-corrected chi connectivity index (χ0v) is 14.8. The summed E-state index contributed by atoms with van der Waals surface area (Å²) in [4.78, 5) is 36.6. The highest BCUT2D eigenvalue weighted by molar-refractivity contribution is 6.31. The highest BCUT2D eigenvalue weighted by atomic mass is 35.5. The number of hydrogen-bond acceptors (Lipinski definition) is 4. The van der Waals surface area contributed by atoms with Crippen molar-refractivity contribution in [3.63, 3.8) is 0 Å². The number of hydrogen-bond donors (Lipinski definition) is 0. The van der Waals surface area contributed by atoms with E-state index in [-0.39, 0.29) is 23.9 Å². The van der Waals surface area contributed by atoms with E-state index in [1.54, 1.807) is 25.1 Å². The van der Waals surface area contributed by atoms with Gasteiger partial charge in [0, 0.05) is 22.3 Å². The number of pyridine rings is 1. The van der Waals surface area contributed by atoms with Crippen LogP contribution in [0.2, 0.25) is 5.02 Å². The summed E-state index contributed by atoms with van der Waals surface area (Å²) < 4.78 is 6.54. The van der Waals surface area contributed by atoms with Gasteiger partial charge in [0.05, 0.1) is 6.61 Å². The number of carbonyl (C=O) groups is 2. The molecule has 130 valence electrons. The molecular formula is C19H18ClNO4. The molecule has 1 aliphatic heterocycles. The summed E-state index contributed by atoms with van der Waals surface area (Å²) in [5.74, 6) is -0.486. The lowest BCUT2D eigenvalue weighted by atomic mass is 9.97. The Morgan fingerprint density at radius 2 is 2.04 bits per heavy atom. The number of Topliss-reactive ketones (excluding diaryl/α,β-unsaturated/α-hetero) is 1. The number of aromatic nitrogens is 1. The Hall–Kier alpha value is -2.40. The molecule has 2 heterocycles. The normalized spacial score (nSPS) is 15.7. The minimum atomic E-state index is -0.580. The molecule has 5 nitrogen and oxygen atoms in total. The van der Waals surface area contributed by atoms with Gasteiger partial charge in [0.1, 0.15) is 6.04 Å². The van der Waals surface area contributed by atoms with Crippen LogP contribution in [0.3, 0.4) is 0 Å². The number of ketones is 1. The fourth-order valence-corrected chi connectivity index (χ4v) is 3.45. The summed E-state index contributed by atoms with van der Waals surface area (Å²) in [6.07, 6.45) is 1.13. The van der Waals surface area contributed by atoms with Crippen molar-refractivity contribution < 1.29 is 14.3 Å². The zero-order chi connectivity index (χ0) is 18.1. The van der Waals surface area contributed by atoms with Crippen molar-refractivity contribution in [1.82, 2.24) is 4.57 Å². The first-order valence-electron chi connectivity index (χ1n) is 8.15. The Labute approximate surface area is 150 Å². The molecule has 0 saturated heterocycles. The molecule has 0 fully saturated rings. The van der Waals surface area contributed by atoms with Crippen molar-refractivity contribution in [3.05, 3.63) is 57.0 Å². The molecule has 0 amide bonds. The Morgan fingerprint density at radius 3 is 2.72 bits per heavy atom. The van der Waals surface area contributed by atoms with Gasteiger partial charge in [0.25, 0.3) is 5.56 Å².